The normalized spacial score (nSPS) is 11.0. The highest BCUT2D eigenvalue weighted by molar-refractivity contribution is 5.82. The number of carbonyl (C=O) groups is 1. The molecule has 0 atom stereocenters. The first kappa shape index (κ1) is 16.4. The van der Waals surface area contributed by atoms with Gasteiger partial charge in [-0.15, -0.1) is 0 Å². The largest absolute Gasteiger partial charge is 0.497 e. The third kappa shape index (κ3) is 5.74. The van der Waals surface area contributed by atoms with E-state index in [2.05, 4.69) is 10.5 Å². The fourth-order valence-corrected chi connectivity index (χ4v) is 1.85. The molecule has 2 rings (SSSR count). The fourth-order valence-electron chi connectivity index (χ4n) is 1.85. The minimum Gasteiger partial charge on any atom is -0.497 e. The van der Waals surface area contributed by atoms with Crippen molar-refractivity contribution < 1.29 is 13.9 Å². The fraction of sp³-hybridized carbons (Fsp3) is 0.111. The molecule has 0 fully saturated rings. The van der Waals surface area contributed by atoms with Crippen LogP contribution < -0.4 is 10.2 Å². The van der Waals surface area contributed by atoms with Gasteiger partial charge in [0.25, 0.3) is 0 Å². The molecule has 0 spiro atoms. The van der Waals surface area contributed by atoms with E-state index in [0.29, 0.717) is 0 Å². The van der Waals surface area contributed by atoms with Gasteiger partial charge >= 0.3 is 0 Å². The molecule has 1 N–H and O–H groups in total. The van der Waals surface area contributed by atoms with E-state index < -0.39 is 0 Å². The number of carbonyl (C=O) groups excluding carboxylic acids is 1. The van der Waals surface area contributed by atoms with Crippen LogP contribution in [-0.2, 0) is 11.2 Å². The number of ether oxygens (including phenoxy) is 1. The Hall–Kier alpha value is -2.95. The van der Waals surface area contributed by atoms with Crippen LogP contribution in [-0.4, -0.2) is 19.2 Å². The first-order valence-corrected chi connectivity index (χ1v) is 7.04. The van der Waals surface area contributed by atoms with Crippen LogP contribution in [0.3, 0.4) is 0 Å². The van der Waals surface area contributed by atoms with Crippen molar-refractivity contribution in [2.75, 3.05) is 7.11 Å². The van der Waals surface area contributed by atoms with Crippen LogP contribution >= 0.6 is 0 Å². The zero-order chi connectivity index (χ0) is 16.5. The highest BCUT2D eigenvalue weighted by Crippen LogP contribution is 2.11. The molecule has 4 nitrogen and oxygen atoms in total. The van der Waals surface area contributed by atoms with Gasteiger partial charge in [0.1, 0.15) is 11.6 Å². The molecule has 0 radical (unpaired) electrons. The van der Waals surface area contributed by atoms with E-state index in [0.717, 1.165) is 16.9 Å². The molecular weight excluding hydrogens is 295 g/mol. The third-order valence-corrected chi connectivity index (χ3v) is 3.03. The number of hydrogen-bond acceptors (Lipinski definition) is 3. The molecule has 0 bridgehead atoms. The van der Waals surface area contributed by atoms with Gasteiger partial charge in [-0.25, -0.2) is 9.82 Å². The van der Waals surface area contributed by atoms with Crippen LogP contribution in [0.1, 0.15) is 11.1 Å². The summed E-state index contributed by atoms with van der Waals surface area (Å²) in [4.78, 5) is 11.6. The Morgan fingerprint density at radius 3 is 2.52 bits per heavy atom. The molecule has 0 heterocycles. The minimum absolute atomic E-state index is 0.153. The van der Waals surface area contributed by atoms with Gasteiger partial charge in [0.05, 0.1) is 13.5 Å². The first-order chi connectivity index (χ1) is 11.2. The molecule has 0 saturated carbocycles. The molecule has 0 saturated heterocycles. The number of benzene rings is 2. The van der Waals surface area contributed by atoms with Crippen molar-refractivity contribution >= 4 is 18.2 Å². The average molecular weight is 312 g/mol. The van der Waals surface area contributed by atoms with Crippen molar-refractivity contribution in [1.29, 1.82) is 0 Å². The number of nitrogens with one attached hydrogen (secondary N) is 1. The van der Waals surface area contributed by atoms with Crippen LogP contribution in [0.2, 0.25) is 0 Å². The highest BCUT2D eigenvalue weighted by atomic mass is 19.1. The Labute approximate surface area is 134 Å². The third-order valence-electron chi connectivity index (χ3n) is 3.03. The lowest BCUT2D eigenvalue weighted by atomic mass is 10.1. The minimum atomic E-state index is -0.323. The second kappa shape index (κ2) is 8.48. The van der Waals surface area contributed by atoms with E-state index in [1.165, 1.54) is 18.3 Å². The van der Waals surface area contributed by atoms with Crippen molar-refractivity contribution in [2.45, 2.75) is 6.42 Å². The zero-order valence-corrected chi connectivity index (χ0v) is 12.7. The Morgan fingerprint density at radius 1 is 1.17 bits per heavy atom. The summed E-state index contributed by atoms with van der Waals surface area (Å²) in [6.45, 7) is 0. The lowest BCUT2D eigenvalue weighted by Gasteiger charge is -2.00. The number of halogens is 1. The summed E-state index contributed by atoms with van der Waals surface area (Å²) in [5.74, 6) is 0.213. The van der Waals surface area contributed by atoms with Crippen LogP contribution in [0.25, 0.3) is 6.08 Å². The SMILES string of the molecule is COc1ccc(/C=C/C=N/NC(=O)Cc2ccc(F)cc2)cc1. The molecule has 0 unspecified atom stereocenters. The summed E-state index contributed by atoms with van der Waals surface area (Å²) >= 11 is 0. The predicted octanol–water partition coefficient (Wildman–Crippen LogP) is 3.19. The smallest absolute Gasteiger partial charge is 0.244 e. The van der Waals surface area contributed by atoms with Crippen LogP contribution in [0.15, 0.2) is 59.7 Å². The Kier molecular flexibility index (Phi) is 6.06. The zero-order valence-electron chi connectivity index (χ0n) is 12.7. The summed E-state index contributed by atoms with van der Waals surface area (Å²) in [5.41, 5.74) is 4.14. The number of amides is 1. The van der Waals surface area contributed by atoms with E-state index in [4.69, 9.17) is 4.74 Å². The van der Waals surface area contributed by atoms with E-state index >= 15 is 0 Å². The topological polar surface area (TPSA) is 50.7 Å². The molecule has 23 heavy (non-hydrogen) atoms. The number of methoxy groups -OCH3 is 1. The lowest BCUT2D eigenvalue weighted by Crippen LogP contribution is -2.19. The molecular formula is C18H17FN2O2. The van der Waals surface area contributed by atoms with Gasteiger partial charge < -0.3 is 4.74 Å². The van der Waals surface area contributed by atoms with Gasteiger partial charge in [-0.3, -0.25) is 4.79 Å². The second-order valence-corrected chi connectivity index (χ2v) is 4.75. The van der Waals surface area contributed by atoms with Crippen molar-refractivity contribution in [3.05, 3.63) is 71.6 Å². The summed E-state index contributed by atoms with van der Waals surface area (Å²) < 4.78 is 17.8. The molecule has 118 valence electrons. The van der Waals surface area contributed by atoms with Gasteiger partial charge in [-0.2, -0.15) is 5.10 Å². The van der Waals surface area contributed by atoms with Crippen molar-refractivity contribution in [1.82, 2.24) is 5.43 Å². The van der Waals surface area contributed by atoms with Gasteiger partial charge in [0.2, 0.25) is 5.91 Å². The number of nitrogens with zero attached hydrogens (tertiary/aromatic N) is 1. The quantitative estimate of drug-likeness (QED) is 0.658. The van der Waals surface area contributed by atoms with Crippen LogP contribution in [0.4, 0.5) is 4.39 Å². The Morgan fingerprint density at radius 2 is 1.87 bits per heavy atom. The van der Waals surface area contributed by atoms with Crippen LogP contribution in [0, 0.1) is 5.82 Å². The molecule has 2 aromatic rings. The maximum Gasteiger partial charge on any atom is 0.244 e. The second-order valence-electron chi connectivity index (χ2n) is 4.75. The number of allylic oxidation sites excluding steroid dienone is 1. The van der Waals surface area contributed by atoms with E-state index in [9.17, 15) is 9.18 Å². The van der Waals surface area contributed by atoms with Gasteiger partial charge in [-0.05, 0) is 41.5 Å². The number of hydrogen-bond donors (Lipinski definition) is 1. The van der Waals surface area contributed by atoms with Crippen LogP contribution in [0.5, 0.6) is 5.75 Å². The Bertz CT molecular complexity index is 692. The predicted molar refractivity (Wildman–Crippen MR) is 88.8 cm³/mol. The monoisotopic (exact) mass is 312 g/mol. The highest BCUT2D eigenvalue weighted by Gasteiger charge is 2.01. The maximum atomic E-state index is 12.8. The molecule has 0 aliphatic carbocycles. The average Bonchev–Trinajstić information content (AvgIpc) is 2.57. The summed E-state index contributed by atoms with van der Waals surface area (Å²) in [6, 6.07) is 13.3. The van der Waals surface area contributed by atoms with E-state index in [1.54, 1.807) is 25.3 Å². The molecule has 0 aromatic heterocycles. The number of hydrazone groups is 1. The first-order valence-electron chi connectivity index (χ1n) is 7.04. The van der Waals surface area contributed by atoms with Gasteiger partial charge in [0.15, 0.2) is 0 Å². The van der Waals surface area contributed by atoms with E-state index in [-0.39, 0.29) is 18.1 Å². The maximum absolute atomic E-state index is 12.8. The molecule has 0 aliphatic heterocycles. The van der Waals surface area contributed by atoms with Gasteiger partial charge in [0, 0.05) is 6.21 Å². The standard InChI is InChI=1S/C18H17FN2O2/c1-23-17-10-6-14(7-11-17)3-2-12-20-21-18(22)13-15-4-8-16(19)9-5-15/h2-12H,13H2,1H3,(H,21,22)/b3-2+,20-12+. The van der Waals surface area contributed by atoms with Crippen molar-refractivity contribution in [3.63, 3.8) is 0 Å². The van der Waals surface area contributed by atoms with Crippen molar-refractivity contribution in [2.24, 2.45) is 5.10 Å². The summed E-state index contributed by atoms with van der Waals surface area (Å²) in [7, 11) is 1.62. The Balaban J connectivity index is 1.77. The lowest BCUT2D eigenvalue weighted by molar-refractivity contribution is -0.120. The summed E-state index contributed by atoms with van der Waals surface area (Å²) in [6.07, 6.45) is 5.22. The van der Waals surface area contributed by atoms with Gasteiger partial charge in [-0.1, -0.05) is 30.3 Å². The molecule has 1 amide bonds. The van der Waals surface area contributed by atoms with Crippen molar-refractivity contribution in [3.8, 4) is 5.75 Å². The molecule has 2 aromatic carbocycles. The number of rotatable bonds is 6. The molecule has 5 heteroatoms. The summed E-state index contributed by atoms with van der Waals surface area (Å²) in [5, 5.41) is 3.82. The molecule has 0 aliphatic rings. The van der Waals surface area contributed by atoms with E-state index in [1.807, 2.05) is 30.3 Å².